The molecule has 0 amide bonds. The van der Waals surface area contributed by atoms with Crippen molar-refractivity contribution in [3.05, 3.63) is 30.6 Å². The number of benzene rings is 1. The van der Waals surface area contributed by atoms with Crippen LogP contribution in [0, 0.1) is 6.33 Å². The Kier molecular flexibility index (Phi) is 2.09. The van der Waals surface area contributed by atoms with Crippen LogP contribution in [-0.2, 0) is 17.1 Å². The summed E-state index contributed by atoms with van der Waals surface area (Å²) in [6.07, 6.45) is 2.66. The van der Waals surface area contributed by atoms with Crippen LogP contribution in [0.15, 0.2) is 24.3 Å². The van der Waals surface area contributed by atoms with Crippen molar-refractivity contribution in [3.8, 4) is 0 Å². The number of para-hydroxylation sites is 2. The molecule has 2 aromatic rings. The molecule has 0 aliphatic heterocycles. The van der Waals surface area contributed by atoms with Crippen molar-refractivity contribution < 1.29 is 17.1 Å². The summed E-state index contributed by atoms with van der Waals surface area (Å²) in [5, 5.41) is 0. The first-order chi connectivity index (χ1) is 4.47. The van der Waals surface area contributed by atoms with E-state index in [2.05, 4.69) is 16.3 Å². The summed E-state index contributed by atoms with van der Waals surface area (Å²) in [4.78, 5) is 6.82. The third-order valence-electron chi connectivity index (χ3n) is 1.27. The molecule has 1 heterocycles. The fourth-order valence-electron chi connectivity index (χ4n) is 0.825. The van der Waals surface area contributed by atoms with Gasteiger partial charge in [0.1, 0.15) is 0 Å². The van der Waals surface area contributed by atoms with Crippen molar-refractivity contribution in [1.29, 1.82) is 0 Å². The van der Waals surface area contributed by atoms with Crippen molar-refractivity contribution in [1.82, 2.24) is 9.97 Å². The molecule has 54 valence electrons. The number of aromatic nitrogens is 2. The molecule has 0 unspecified atom stereocenters. The Morgan fingerprint density at radius 3 is 2.90 bits per heavy atom. The number of hydrogen-bond donors (Lipinski definition) is 1. The minimum atomic E-state index is 0. The van der Waals surface area contributed by atoms with Gasteiger partial charge in [-0.05, 0) is 6.33 Å². The monoisotopic (exact) mass is 180 g/mol. The van der Waals surface area contributed by atoms with Gasteiger partial charge in [-0.3, -0.25) is 0 Å². The quantitative estimate of drug-likeness (QED) is 0.482. The number of imidazole rings is 1. The number of nitrogens with zero attached hydrogens (tertiary/aromatic N) is 1. The van der Waals surface area contributed by atoms with Crippen LogP contribution in [0.5, 0.6) is 0 Å². The Morgan fingerprint density at radius 1 is 1.30 bits per heavy atom. The minimum absolute atomic E-state index is 0. The Hall–Kier alpha value is -0.791. The maximum absolute atomic E-state index is 3.94. The first kappa shape index (κ1) is 7.32. The van der Waals surface area contributed by atoms with E-state index < -0.39 is 0 Å². The summed E-state index contributed by atoms with van der Waals surface area (Å²) in [5.41, 5.74) is 2.01. The van der Waals surface area contributed by atoms with E-state index in [1.165, 1.54) is 0 Å². The van der Waals surface area contributed by atoms with E-state index in [1.54, 1.807) is 0 Å². The Bertz CT molecular complexity index is 286. The third-order valence-corrected chi connectivity index (χ3v) is 1.27. The zero-order valence-corrected chi connectivity index (χ0v) is 6.00. The van der Waals surface area contributed by atoms with E-state index in [9.17, 15) is 0 Å². The smallest absolute Gasteiger partial charge is 0.461 e. The van der Waals surface area contributed by atoms with Gasteiger partial charge in [-0.2, -0.15) is 0 Å². The fraction of sp³-hybridized carbons (Fsp3) is 0. The van der Waals surface area contributed by atoms with E-state index in [4.69, 9.17) is 0 Å². The molecule has 0 atom stereocenters. The molecule has 2 nitrogen and oxygen atoms in total. The normalized spacial score (nSPS) is 9.20. The van der Waals surface area contributed by atoms with Gasteiger partial charge in [0.15, 0.2) is 0 Å². The molecule has 1 aromatic heterocycles. The summed E-state index contributed by atoms with van der Waals surface area (Å²) in [6, 6.07) is 7.84. The predicted octanol–water partition coefficient (Wildman–Crippen LogP) is 1.36. The Balaban J connectivity index is 0.000000500. The van der Waals surface area contributed by atoms with Gasteiger partial charge in [-0.25, -0.2) is 0 Å². The Labute approximate surface area is 69.1 Å². The SMILES string of the molecule is [Cu+].[c-]1nc2ccccc2[nH]1. The molecule has 0 saturated heterocycles. The zero-order chi connectivity index (χ0) is 6.10. The van der Waals surface area contributed by atoms with E-state index in [0.717, 1.165) is 11.0 Å². The standard InChI is InChI=1S/C7H5N2.Cu/c1-2-4-7-6(3-1)8-5-9-7;/h1-4H,(H,8,9);/q-1;+1. The molecule has 0 aliphatic carbocycles. The topological polar surface area (TPSA) is 28.7 Å². The van der Waals surface area contributed by atoms with Gasteiger partial charge >= 0.3 is 17.1 Å². The van der Waals surface area contributed by atoms with Gasteiger partial charge in [0.25, 0.3) is 0 Å². The first-order valence-corrected chi connectivity index (χ1v) is 2.77. The molecule has 10 heavy (non-hydrogen) atoms. The molecular formula is C7H5CuN2. The minimum Gasteiger partial charge on any atom is -0.461 e. The van der Waals surface area contributed by atoms with Gasteiger partial charge in [-0.15, -0.1) is 12.1 Å². The number of rotatable bonds is 0. The maximum atomic E-state index is 3.94. The fourth-order valence-corrected chi connectivity index (χ4v) is 0.825. The van der Waals surface area contributed by atoms with E-state index in [-0.39, 0.29) is 17.1 Å². The van der Waals surface area contributed by atoms with Crippen LogP contribution in [0.1, 0.15) is 0 Å². The predicted molar refractivity (Wildman–Crippen MR) is 34.9 cm³/mol. The number of nitrogens with one attached hydrogen (secondary N) is 1. The summed E-state index contributed by atoms with van der Waals surface area (Å²) < 4.78 is 0. The maximum Gasteiger partial charge on any atom is 1.00 e. The van der Waals surface area contributed by atoms with Crippen molar-refractivity contribution in [3.63, 3.8) is 0 Å². The third kappa shape index (κ3) is 1.06. The van der Waals surface area contributed by atoms with Gasteiger partial charge in [0.2, 0.25) is 0 Å². The van der Waals surface area contributed by atoms with Crippen molar-refractivity contribution in [2.75, 3.05) is 0 Å². The molecule has 0 saturated carbocycles. The van der Waals surface area contributed by atoms with Crippen LogP contribution < -0.4 is 0 Å². The molecule has 2 rings (SSSR count). The van der Waals surface area contributed by atoms with Gasteiger partial charge in [0, 0.05) is 0 Å². The second kappa shape index (κ2) is 2.86. The number of hydrogen-bond acceptors (Lipinski definition) is 1. The molecule has 1 aromatic carbocycles. The molecule has 0 radical (unpaired) electrons. The number of fused-ring (bicyclic) bond motifs is 1. The van der Waals surface area contributed by atoms with Crippen LogP contribution >= 0.6 is 0 Å². The summed E-state index contributed by atoms with van der Waals surface area (Å²) in [6.45, 7) is 0. The first-order valence-electron chi connectivity index (χ1n) is 2.77. The van der Waals surface area contributed by atoms with E-state index in [0.29, 0.717) is 0 Å². The molecule has 1 N–H and O–H groups in total. The molecule has 0 fully saturated rings. The van der Waals surface area contributed by atoms with Gasteiger partial charge in [-0.1, -0.05) is 23.2 Å². The number of H-pyrrole nitrogens is 1. The van der Waals surface area contributed by atoms with Gasteiger partial charge in [0.05, 0.1) is 0 Å². The van der Waals surface area contributed by atoms with E-state index in [1.807, 2.05) is 24.3 Å². The van der Waals surface area contributed by atoms with Crippen molar-refractivity contribution in [2.24, 2.45) is 0 Å². The van der Waals surface area contributed by atoms with Gasteiger partial charge < -0.3 is 9.97 Å². The molecule has 0 aliphatic rings. The molecule has 0 spiro atoms. The average molecular weight is 181 g/mol. The molecule has 3 heteroatoms. The second-order valence-corrected chi connectivity index (χ2v) is 1.87. The van der Waals surface area contributed by atoms with Crippen LogP contribution in [0.4, 0.5) is 0 Å². The zero-order valence-electron chi connectivity index (χ0n) is 5.06. The summed E-state index contributed by atoms with van der Waals surface area (Å²) >= 11 is 0. The second-order valence-electron chi connectivity index (χ2n) is 1.87. The summed E-state index contributed by atoms with van der Waals surface area (Å²) in [7, 11) is 0. The van der Waals surface area contributed by atoms with Crippen LogP contribution in [0.2, 0.25) is 0 Å². The Morgan fingerprint density at radius 2 is 2.10 bits per heavy atom. The van der Waals surface area contributed by atoms with Crippen LogP contribution in [-0.4, -0.2) is 9.97 Å². The molecule has 0 bridgehead atoms. The largest absolute Gasteiger partial charge is 1.00 e. The molecular weight excluding hydrogens is 176 g/mol. The van der Waals surface area contributed by atoms with Crippen molar-refractivity contribution in [2.45, 2.75) is 0 Å². The average Bonchev–Trinajstić information content (AvgIpc) is 2.33. The van der Waals surface area contributed by atoms with Crippen LogP contribution in [0.25, 0.3) is 11.0 Å². The van der Waals surface area contributed by atoms with Crippen LogP contribution in [0.3, 0.4) is 0 Å². The number of aromatic amines is 1. The van der Waals surface area contributed by atoms with Crippen molar-refractivity contribution >= 4 is 11.0 Å². The summed E-state index contributed by atoms with van der Waals surface area (Å²) in [5.74, 6) is 0. The van der Waals surface area contributed by atoms with E-state index >= 15 is 0 Å².